The number of nitrogens with one attached hydrogen (secondary N) is 1. The van der Waals surface area contributed by atoms with Crippen molar-refractivity contribution in [2.24, 2.45) is 0 Å². The molecule has 1 heterocycles. The molecule has 0 saturated carbocycles. The van der Waals surface area contributed by atoms with Gasteiger partial charge in [0.25, 0.3) is 17.7 Å². The van der Waals surface area contributed by atoms with Crippen LogP contribution < -0.4 is 15.1 Å². The number of halogens is 1. The van der Waals surface area contributed by atoms with Crippen LogP contribution in [0.2, 0.25) is 0 Å². The second kappa shape index (κ2) is 8.92. The Morgan fingerprint density at radius 2 is 1.64 bits per heavy atom. The molecule has 0 radical (unpaired) electrons. The number of amides is 3. The van der Waals surface area contributed by atoms with Gasteiger partial charge >= 0.3 is 0 Å². The molecule has 0 aliphatic carbocycles. The monoisotopic (exact) mass is 459 g/mol. The van der Waals surface area contributed by atoms with Gasteiger partial charge in [-0.1, -0.05) is 48.0 Å². The molecule has 0 unspecified atom stereocenters. The normalized spacial score (nSPS) is 13.5. The van der Waals surface area contributed by atoms with Crippen LogP contribution >= 0.6 is 11.6 Å². The molecule has 1 aliphatic heterocycles. The Bertz CT molecular complexity index is 1300. The summed E-state index contributed by atoms with van der Waals surface area (Å²) < 4.78 is 0. The third-order valence-corrected chi connectivity index (χ3v) is 5.81. The van der Waals surface area contributed by atoms with Crippen LogP contribution in [0.3, 0.4) is 0 Å². The second-order valence-electron chi connectivity index (χ2n) is 7.83. The Labute approximate surface area is 197 Å². The zero-order chi connectivity index (χ0) is 23.7. The molecule has 7 heteroatoms. The van der Waals surface area contributed by atoms with Crippen LogP contribution in [-0.2, 0) is 9.59 Å². The Hall–Kier alpha value is -3.90. The number of hydrogen-bond donors (Lipinski definition) is 1. The topological polar surface area (TPSA) is 69.7 Å². The highest BCUT2D eigenvalue weighted by atomic mass is 35.5. The van der Waals surface area contributed by atoms with E-state index in [0.717, 1.165) is 21.7 Å². The summed E-state index contributed by atoms with van der Waals surface area (Å²) in [5, 5.41) is 2.75. The van der Waals surface area contributed by atoms with E-state index in [1.807, 2.05) is 56.3 Å². The predicted octanol–water partition coefficient (Wildman–Crippen LogP) is 5.02. The molecule has 3 aromatic carbocycles. The van der Waals surface area contributed by atoms with Crippen molar-refractivity contribution in [2.75, 3.05) is 22.2 Å². The molecule has 0 fully saturated rings. The Morgan fingerprint density at radius 3 is 2.36 bits per heavy atom. The smallest absolute Gasteiger partial charge is 0.283 e. The maximum atomic E-state index is 13.1. The fourth-order valence-corrected chi connectivity index (χ4v) is 3.84. The Balaban J connectivity index is 1.59. The molecule has 33 heavy (non-hydrogen) atoms. The van der Waals surface area contributed by atoms with Crippen molar-refractivity contribution in [3.8, 4) is 0 Å². The number of para-hydroxylation sites is 1. The molecule has 166 valence electrons. The first-order valence-electron chi connectivity index (χ1n) is 10.3. The van der Waals surface area contributed by atoms with Crippen LogP contribution in [0, 0.1) is 13.8 Å². The standard InChI is InChI=1S/C26H22ClN3O3/c1-16-12-13-17(2)21(14-16)30-25(32)22(27)23(26(30)33)28-19-9-7-8-18(15-19)24(31)29(3)20-10-5-4-6-11-20/h4-15,28H,1-3H3. The summed E-state index contributed by atoms with van der Waals surface area (Å²) in [6.07, 6.45) is 0. The third kappa shape index (κ3) is 4.25. The lowest BCUT2D eigenvalue weighted by Gasteiger charge is -2.19. The summed E-state index contributed by atoms with van der Waals surface area (Å²) in [4.78, 5) is 41.5. The van der Waals surface area contributed by atoms with Crippen LogP contribution in [0.1, 0.15) is 21.5 Å². The van der Waals surface area contributed by atoms with E-state index in [9.17, 15) is 14.4 Å². The van der Waals surface area contributed by atoms with E-state index in [4.69, 9.17) is 11.6 Å². The summed E-state index contributed by atoms with van der Waals surface area (Å²) in [6, 6.07) is 21.5. The Kier molecular flexibility index (Phi) is 6.03. The number of benzene rings is 3. The van der Waals surface area contributed by atoms with Gasteiger partial charge in [-0.3, -0.25) is 14.4 Å². The van der Waals surface area contributed by atoms with Crippen molar-refractivity contribution in [1.29, 1.82) is 0 Å². The number of carbonyl (C=O) groups excluding carboxylic acids is 3. The number of carbonyl (C=O) groups is 3. The van der Waals surface area contributed by atoms with Crippen molar-refractivity contribution in [2.45, 2.75) is 13.8 Å². The van der Waals surface area contributed by atoms with E-state index in [1.54, 1.807) is 37.4 Å². The first-order chi connectivity index (χ1) is 15.8. The average molecular weight is 460 g/mol. The molecule has 3 aromatic rings. The van der Waals surface area contributed by atoms with Gasteiger partial charge in [-0.25, -0.2) is 4.90 Å². The van der Waals surface area contributed by atoms with Crippen molar-refractivity contribution < 1.29 is 14.4 Å². The van der Waals surface area contributed by atoms with Crippen molar-refractivity contribution in [3.63, 3.8) is 0 Å². The fourth-order valence-electron chi connectivity index (χ4n) is 3.63. The minimum absolute atomic E-state index is 0.0245. The molecule has 0 saturated heterocycles. The highest BCUT2D eigenvalue weighted by molar-refractivity contribution is 6.53. The van der Waals surface area contributed by atoms with Crippen LogP contribution in [0.25, 0.3) is 0 Å². The average Bonchev–Trinajstić information content (AvgIpc) is 3.03. The lowest BCUT2D eigenvalue weighted by Crippen LogP contribution is -2.33. The predicted molar refractivity (Wildman–Crippen MR) is 131 cm³/mol. The van der Waals surface area contributed by atoms with E-state index < -0.39 is 11.8 Å². The number of aryl methyl sites for hydroxylation is 2. The minimum atomic E-state index is -0.589. The number of rotatable bonds is 5. The van der Waals surface area contributed by atoms with Crippen molar-refractivity contribution >= 4 is 46.4 Å². The van der Waals surface area contributed by atoms with Crippen LogP contribution in [0.5, 0.6) is 0 Å². The number of anilines is 3. The second-order valence-corrected chi connectivity index (χ2v) is 8.21. The van der Waals surface area contributed by atoms with Gasteiger partial charge in [0.1, 0.15) is 10.7 Å². The van der Waals surface area contributed by atoms with Gasteiger partial charge in [0.2, 0.25) is 0 Å². The summed E-state index contributed by atoms with van der Waals surface area (Å²) in [7, 11) is 1.69. The van der Waals surface area contributed by atoms with E-state index >= 15 is 0 Å². The Morgan fingerprint density at radius 1 is 0.909 bits per heavy atom. The van der Waals surface area contributed by atoms with Gasteiger partial charge in [-0.2, -0.15) is 0 Å². The highest BCUT2D eigenvalue weighted by Gasteiger charge is 2.39. The minimum Gasteiger partial charge on any atom is -0.350 e. The summed E-state index contributed by atoms with van der Waals surface area (Å²) >= 11 is 6.27. The fraction of sp³-hybridized carbons (Fsp3) is 0.115. The van der Waals surface area contributed by atoms with E-state index in [1.165, 1.54) is 4.90 Å². The SMILES string of the molecule is Cc1ccc(C)c(N2C(=O)C(Cl)=C(Nc3cccc(C(=O)N(C)c4ccccc4)c3)C2=O)c1. The number of nitrogens with zero attached hydrogens (tertiary/aromatic N) is 2. The maximum Gasteiger partial charge on any atom is 0.283 e. The van der Waals surface area contributed by atoms with Gasteiger partial charge in [-0.15, -0.1) is 0 Å². The van der Waals surface area contributed by atoms with Crippen LogP contribution in [0.15, 0.2) is 83.5 Å². The molecule has 0 bridgehead atoms. The molecule has 0 spiro atoms. The molecule has 1 aliphatic rings. The molecule has 6 nitrogen and oxygen atoms in total. The summed E-state index contributed by atoms with van der Waals surface area (Å²) in [5.74, 6) is -1.35. The third-order valence-electron chi connectivity index (χ3n) is 5.46. The van der Waals surface area contributed by atoms with E-state index in [-0.39, 0.29) is 16.6 Å². The summed E-state index contributed by atoms with van der Waals surface area (Å²) in [5.41, 5.74) is 3.82. The molecular formula is C26H22ClN3O3. The molecule has 1 N–H and O–H groups in total. The van der Waals surface area contributed by atoms with Gasteiger partial charge < -0.3 is 10.2 Å². The number of imide groups is 1. The molecule has 0 atom stereocenters. The van der Waals surface area contributed by atoms with Gasteiger partial charge in [0, 0.05) is 24.0 Å². The zero-order valence-electron chi connectivity index (χ0n) is 18.4. The molecular weight excluding hydrogens is 438 g/mol. The maximum absolute atomic E-state index is 13.1. The van der Waals surface area contributed by atoms with Gasteiger partial charge in [0.15, 0.2) is 0 Å². The number of hydrogen-bond acceptors (Lipinski definition) is 4. The quantitative estimate of drug-likeness (QED) is 0.544. The van der Waals surface area contributed by atoms with Crippen LogP contribution in [-0.4, -0.2) is 24.8 Å². The molecule has 4 rings (SSSR count). The zero-order valence-corrected chi connectivity index (χ0v) is 19.2. The van der Waals surface area contributed by atoms with Crippen LogP contribution in [0.4, 0.5) is 17.1 Å². The first kappa shape index (κ1) is 22.3. The lowest BCUT2D eigenvalue weighted by molar-refractivity contribution is -0.120. The first-order valence-corrected chi connectivity index (χ1v) is 10.7. The largest absolute Gasteiger partial charge is 0.350 e. The van der Waals surface area contributed by atoms with Crippen molar-refractivity contribution in [1.82, 2.24) is 0 Å². The van der Waals surface area contributed by atoms with Gasteiger partial charge in [-0.05, 0) is 61.4 Å². The highest BCUT2D eigenvalue weighted by Crippen LogP contribution is 2.32. The molecule has 0 aromatic heterocycles. The van der Waals surface area contributed by atoms with Gasteiger partial charge in [0.05, 0.1) is 5.69 Å². The summed E-state index contributed by atoms with van der Waals surface area (Å²) in [6.45, 7) is 3.71. The van der Waals surface area contributed by atoms with E-state index in [2.05, 4.69) is 5.32 Å². The lowest BCUT2D eigenvalue weighted by atomic mass is 10.1. The van der Waals surface area contributed by atoms with E-state index in [0.29, 0.717) is 16.9 Å². The van der Waals surface area contributed by atoms with Crippen molar-refractivity contribution in [3.05, 3.63) is 100 Å². The molecule has 3 amide bonds.